The van der Waals surface area contributed by atoms with Crippen molar-refractivity contribution in [1.82, 2.24) is 9.97 Å². The van der Waals surface area contributed by atoms with E-state index < -0.39 is 0 Å². The number of rotatable bonds is 2. The molecule has 1 aromatic carbocycles. The molecule has 0 unspecified atom stereocenters. The van der Waals surface area contributed by atoms with Gasteiger partial charge in [0.2, 0.25) is 5.76 Å². The molecule has 0 spiro atoms. The highest BCUT2D eigenvalue weighted by Gasteiger charge is 2.10. The quantitative estimate of drug-likeness (QED) is 0.654. The van der Waals surface area contributed by atoms with Crippen LogP contribution in [0.15, 0.2) is 51.8 Å². The SMILES string of the molecule is [c]1nc(-c2cnco2)oc1-c1ccccc1. The van der Waals surface area contributed by atoms with Gasteiger partial charge in [-0.3, -0.25) is 0 Å². The first-order chi connectivity index (χ1) is 7.93. The third kappa shape index (κ3) is 1.50. The number of oxazole rings is 2. The van der Waals surface area contributed by atoms with Gasteiger partial charge in [-0.05, 0) is 0 Å². The van der Waals surface area contributed by atoms with Crippen LogP contribution in [0.2, 0.25) is 0 Å². The average Bonchev–Trinajstić information content (AvgIpc) is 3.01. The fraction of sp³-hybridized carbons (Fsp3) is 0. The fourth-order valence-electron chi connectivity index (χ4n) is 1.38. The van der Waals surface area contributed by atoms with Crippen LogP contribution >= 0.6 is 0 Å². The van der Waals surface area contributed by atoms with Gasteiger partial charge in [0.05, 0.1) is 6.20 Å². The highest BCUT2D eigenvalue weighted by atomic mass is 16.4. The van der Waals surface area contributed by atoms with Gasteiger partial charge in [-0.25, -0.2) is 9.97 Å². The molecule has 0 atom stereocenters. The fourth-order valence-corrected chi connectivity index (χ4v) is 1.38. The lowest BCUT2D eigenvalue weighted by Gasteiger charge is -1.92. The monoisotopic (exact) mass is 211 g/mol. The largest absolute Gasteiger partial charge is 0.438 e. The van der Waals surface area contributed by atoms with E-state index in [2.05, 4.69) is 16.2 Å². The molecule has 0 amide bonds. The van der Waals surface area contributed by atoms with E-state index in [0.717, 1.165) is 5.56 Å². The zero-order valence-corrected chi connectivity index (χ0v) is 8.25. The van der Waals surface area contributed by atoms with Gasteiger partial charge in [0.25, 0.3) is 5.89 Å². The van der Waals surface area contributed by atoms with Crippen molar-refractivity contribution in [3.8, 4) is 23.0 Å². The molecular formula is C12H7N2O2. The van der Waals surface area contributed by atoms with E-state index >= 15 is 0 Å². The van der Waals surface area contributed by atoms with E-state index in [1.165, 1.54) is 6.39 Å². The van der Waals surface area contributed by atoms with Crippen LogP contribution in [0.3, 0.4) is 0 Å². The summed E-state index contributed by atoms with van der Waals surface area (Å²) in [4.78, 5) is 7.81. The lowest BCUT2D eigenvalue weighted by Crippen LogP contribution is -1.70. The summed E-state index contributed by atoms with van der Waals surface area (Å²) in [5, 5.41) is 0. The first-order valence-electron chi connectivity index (χ1n) is 4.76. The Morgan fingerprint density at radius 1 is 1.12 bits per heavy atom. The van der Waals surface area contributed by atoms with Crippen LogP contribution in [0, 0.1) is 6.20 Å². The van der Waals surface area contributed by atoms with E-state index in [9.17, 15) is 0 Å². The number of hydrogen-bond acceptors (Lipinski definition) is 4. The average molecular weight is 211 g/mol. The number of aromatic nitrogens is 2. The molecule has 0 fully saturated rings. The minimum atomic E-state index is 0.386. The summed E-state index contributed by atoms with van der Waals surface area (Å²) in [5.74, 6) is 1.47. The molecule has 3 aromatic rings. The minimum absolute atomic E-state index is 0.386. The predicted molar refractivity (Wildman–Crippen MR) is 56.3 cm³/mol. The van der Waals surface area contributed by atoms with E-state index in [-0.39, 0.29) is 0 Å². The summed E-state index contributed by atoms with van der Waals surface area (Å²) >= 11 is 0. The molecule has 0 aliphatic carbocycles. The molecule has 2 aromatic heterocycles. The van der Waals surface area contributed by atoms with E-state index in [0.29, 0.717) is 17.4 Å². The van der Waals surface area contributed by atoms with Gasteiger partial charge in [-0.1, -0.05) is 30.3 Å². The van der Waals surface area contributed by atoms with Crippen molar-refractivity contribution in [1.29, 1.82) is 0 Å². The van der Waals surface area contributed by atoms with Crippen molar-refractivity contribution in [3.63, 3.8) is 0 Å². The standard InChI is InChI=1S/C12H7N2O2/c1-2-4-9(5-3-1)10-7-14-12(16-10)11-6-13-8-15-11/h1-6,8H. The smallest absolute Gasteiger partial charge is 0.265 e. The van der Waals surface area contributed by atoms with Gasteiger partial charge in [0.1, 0.15) is 6.20 Å². The molecule has 3 rings (SSSR count). The Kier molecular flexibility index (Phi) is 2.04. The molecule has 0 aliphatic rings. The summed E-state index contributed by atoms with van der Waals surface area (Å²) in [6.45, 7) is 0. The Bertz CT molecular complexity index is 570. The second kappa shape index (κ2) is 3.66. The maximum atomic E-state index is 5.51. The summed E-state index contributed by atoms with van der Waals surface area (Å²) in [5.41, 5.74) is 0.931. The van der Waals surface area contributed by atoms with Gasteiger partial charge >= 0.3 is 0 Å². The molecule has 4 heteroatoms. The summed E-state index contributed by atoms with van der Waals surface area (Å²) in [7, 11) is 0. The summed E-state index contributed by atoms with van der Waals surface area (Å²) in [6.07, 6.45) is 5.69. The second-order valence-electron chi connectivity index (χ2n) is 3.19. The Morgan fingerprint density at radius 2 is 2.00 bits per heavy atom. The Morgan fingerprint density at radius 3 is 2.75 bits per heavy atom. The Balaban J connectivity index is 2.00. The topological polar surface area (TPSA) is 52.1 Å². The first kappa shape index (κ1) is 8.91. The van der Waals surface area contributed by atoms with Crippen LogP contribution in [-0.4, -0.2) is 9.97 Å². The molecule has 77 valence electrons. The first-order valence-corrected chi connectivity index (χ1v) is 4.76. The van der Waals surface area contributed by atoms with Gasteiger partial charge in [0, 0.05) is 5.56 Å². The maximum Gasteiger partial charge on any atom is 0.265 e. The molecular weight excluding hydrogens is 204 g/mol. The third-order valence-corrected chi connectivity index (χ3v) is 2.14. The Labute approximate surface area is 91.6 Å². The van der Waals surface area contributed by atoms with Gasteiger partial charge < -0.3 is 8.83 Å². The van der Waals surface area contributed by atoms with Crippen LogP contribution < -0.4 is 0 Å². The summed E-state index contributed by atoms with van der Waals surface area (Å²) < 4.78 is 10.6. The van der Waals surface area contributed by atoms with Crippen LogP contribution in [-0.2, 0) is 0 Å². The highest BCUT2D eigenvalue weighted by molar-refractivity contribution is 5.57. The van der Waals surface area contributed by atoms with Gasteiger partial charge in [0.15, 0.2) is 12.2 Å². The van der Waals surface area contributed by atoms with Crippen molar-refractivity contribution >= 4 is 0 Å². The van der Waals surface area contributed by atoms with E-state index in [1.54, 1.807) is 6.20 Å². The lowest BCUT2D eigenvalue weighted by molar-refractivity contribution is 0.520. The van der Waals surface area contributed by atoms with Crippen molar-refractivity contribution in [3.05, 3.63) is 49.1 Å². The van der Waals surface area contributed by atoms with Crippen molar-refractivity contribution in [2.24, 2.45) is 0 Å². The maximum absolute atomic E-state index is 5.51. The van der Waals surface area contributed by atoms with Crippen LogP contribution in [0.25, 0.3) is 23.0 Å². The third-order valence-electron chi connectivity index (χ3n) is 2.14. The highest BCUT2D eigenvalue weighted by Crippen LogP contribution is 2.24. The summed E-state index contributed by atoms with van der Waals surface area (Å²) in [6, 6.07) is 9.67. The second-order valence-corrected chi connectivity index (χ2v) is 3.19. The molecule has 0 saturated heterocycles. The normalized spacial score (nSPS) is 10.5. The van der Waals surface area contributed by atoms with Crippen LogP contribution in [0.5, 0.6) is 0 Å². The molecule has 4 nitrogen and oxygen atoms in total. The molecule has 2 heterocycles. The van der Waals surface area contributed by atoms with E-state index in [1.807, 2.05) is 30.3 Å². The predicted octanol–water partition coefficient (Wildman–Crippen LogP) is 2.80. The van der Waals surface area contributed by atoms with E-state index in [4.69, 9.17) is 8.83 Å². The van der Waals surface area contributed by atoms with Gasteiger partial charge in [-0.15, -0.1) is 0 Å². The van der Waals surface area contributed by atoms with Crippen LogP contribution in [0.1, 0.15) is 0 Å². The van der Waals surface area contributed by atoms with Crippen molar-refractivity contribution in [2.45, 2.75) is 0 Å². The zero-order valence-electron chi connectivity index (χ0n) is 8.25. The molecule has 1 radical (unpaired) electrons. The molecule has 0 bridgehead atoms. The lowest BCUT2D eigenvalue weighted by atomic mass is 10.2. The van der Waals surface area contributed by atoms with Gasteiger partial charge in [-0.2, -0.15) is 0 Å². The molecule has 0 N–H and O–H groups in total. The molecule has 0 saturated carbocycles. The van der Waals surface area contributed by atoms with Crippen molar-refractivity contribution in [2.75, 3.05) is 0 Å². The number of hydrogen-bond donors (Lipinski definition) is 0. The zero-order chi connectivity index (χ0) is 10.8. The van der Waals surface area contributed by atoms with Crippen molar-refractivity contribution < 1.29 is 8.83 Å². The number of benzene rings is 1. The molecule has 16 heavy (non-hydrogen) atoms. The molecule has 0 aliphatic heterocycles. The van der Waals surface area contributed by atoms with Crippen LogP contribution in [0.4, 0.5) is 0 Å². The Hall–Kier alpha value is -2.36. The number of nitrogens with zero attached hydrogens (tertiary/aromatic N) is 2. The minimum Gasteiger partial charge on any atom is -0.438 e.